The molecule has 0 unspecified atom stereocenters. The summed E-state index contributed by atoms with van der Waals surface area (Å²) in [6.07, 6.45) is 0.540. The highest BCUT2D eigenvalue weighted by molar-refractivity contribution is 5.94. The van der Waals surface area contributed by atoms with Crippen LogP contribution in [0.2, 0.25) is 0 Å². The molecule has 0 heterocycles. The highest BCUT2D eigenvalue weighted by Crippen LogP contribution is 2.15. The van der Waals surface area contributed by atoms with E-state index < -0.39 is 11.0 Å². The number of carbonyl (C=O) groups excluding carboxylic acids is 1. The number of carbonyl (C=O) groups is 1. The van der Waals surface area contributed by atoms with Crippen LogP contribution in [0.1, 0.15) is 13.3 Å². The molecule has 0 saturated carbocycles. The van der Waals surface area contributed by atoms with E-state index in [0.29, 0.717) is 12.1 Å². The van der Waals surface area contributed by atoms with E-state index in [1.54, 1.807) is 6.92 Å². The number of benzene rings is 1. The van der Waals surface area contributed by atoms with Crippen molar-refractivity contribution in [2.45, 2.75) is 19.4 Å². The third-order valence-electron chi connectivity index (χ3n) is 2.12. The van der Waals surface area contributed by atoms with Gasteiger partial charge in [-0.15, -0.1) is 0 Å². The molecule has 1 aromatic carbocycles. The lowest BCUT2D eigenvalue weighted by atomic mass is 10.2. The third kappa shape index (κ3) is 3.03. The number of non-ortho nitro benzene ring substituents is 1. The summed E-state index contributed by atoms with van der Waals surface area (Å²) in [5, 5.41) is 13.0. The number of nitro benzene ring substituents is 1. The Kier molecular flexibility index (Phi) is 3.96. The molecule has 86 valence electrons. The molecule has 0 fully saturated rings. The Balaban J connectivity index is 2.69. The van der Waals surface area contributed by atoms with Crippen LogP contribution in [-0.2, 0) is 4.79 Å². The second-order valence-corrected chi connectivity index (χ2v) is 3.31. The summed E-state index contributed by atoms with van der Waals surface area (Å²) in [5.74, 6) is -0.295. The van der Waals surface area contributed by atoms with Crippen LogP contribution in [-0.4, -0.2) is 16.9 Å². The molecule has 0 aromatic heterocycles. The van der Waals surface area contributed by atoms with Crippen LogP contribution in [0.5, 0.6) is 0 Å². The summed E-state index contributed by atoms with van der Waals surface area (Å²) < 4.78 is 0. The summed E-state index contributed by atoms with van der Waals surface area (Å²) in [4.78, 5) is 21.3. The van der Waals surface area contributed by atoms with Crippen molar-refractivity contribution in [1.82, 2.24) is 0 Å². The van der Waals surface area contributed by atoms with Gasteiger partial charge in [0.05, 0.1) is 11.0 Å². The fourth-order valence-corrected chi connectivity index (χ4v) is 1.09. The van der Waals surface area contributed by atoms with Crippen LogP contribution < -0.4 is 11.1 Å². The molecule has 0 spiro atoms. The summed E-state index contributed by atoms with van der Waals surface area (Å²) >= 11 is 0. The molecule has 1 amide bonds. The van der Waals surface area contributed by atoms with Crippen LogP contribution in [0.25, 0.3) is 0 Å². The van der Waals surface area contributed by atoms with Crippen molar-refractivity contribution in [3.63, 3.8) is 0 Å². The molecule has 6 heteroatoms. The van der Waals surface area contributed by atoms with Crippen molar-refractivity contribution in [2.75, 3.05) is 5.32 Å². The second kappa shape index (κ2) is 5.22. The van der Waals surface area contributed by atoms with Crippen LogP contribution in [0.15, 0.2) is 24.3 Å². The smallest absolute Gasteiger partial charge is 0.269 e. The maximum Gasteiger partial charge on any atom is 0.269 e. The third-order valence-corrected chi connectivity index (χ3v) is 2.12. The first-order chi connectivity index (χ1) is 7.54. The molecule has 0 bridgehead atoms. The predicted molar refractivity (Wildman–Crippen MR) is 60.0 cm³/mol. The van der Waals surface area contributed by atoms with Gasteiger partial charge in [0.1, 0.15) is 0 Å². The first kappa shape index (κ1) is 12.1. The fourth-order valence-electron chi connectivity index (χ4n) is 1.09. The Morgan fingerprint density at radius 2 is 2.06 bits per heavy atom. The van der Waals surface area contributed by atoms with Crippen molar-refractivity contribution in [2.24, 2.45) is 5.73 Å². The molecule has 3 N–H and O–H groups in total. The molecule has 1 atom stereocenters. The minimum Gasteiger partial charge on any atom is -0.325 e. The molecule has 0 aliphatic heterocycles. The van der Waals surface area contributed by atoms with E-state index in [-0.39, 0.29) is 11.6 Å². The quantitative estimate of drug-likeness (QED) is 0.593. The van der Waals surface area contributed by atoms with Crippen molar-refractivity contribution in [3.05, 3.63) is 34.4 Å². The molecule has 0 radical (unpaired) electrons. The van der Waals surface area contributed by atoms with Crippen molar-refractivity contribution >= 4 is 17.3 Å². The highest BCUT2D eigenvalue weighted by Gasteiger charge is 2.11. The van der Waals surface area contributed by atoms with Gasteiger partial charge in [-0.1, -0.05) is 6.92 Å². The molecular weight excluding hydrogens is 210 g/mol. The van der Waals surface area contributed by atoms with E-state index in [4.69, 9.17) is 5.73 Å². The second-order valence-electron chi connectivity index (χ2n) is 3.31. The maximum atomic E-state index is 11.4. The standard InChI is InChI=1S/C10H13N3O3/c1-2-9(11)10(14)12-7-3-5-8(6-4-7)13(15)16/h3-6,9H,2,11H2,1H3,(H,12,14)/t9-/m1/s1. The van der Waals surface area contributed by atoms with E-state index in [0.717, 1.165) is 0 Å². The zero-order valence-electron chi connectivity index (χ0n) is 8.84. The van der Waals surface area contributed by atoms with Gasteiger partial charge in [-0.05, 0) is 18.6 Å². The average Bonchev–Trinajstić information content (AvgIpc) is 2.28. The van der Waals surface area contributed by atoms with Crippen molar-refractivity contribution in [3.8, 4) is 0 Å². The fraction of sp³-hybridized carbons (Fsp3) is 0.300. The van der Waals surface area contributed by atoms with Crippen LogP contribution in [0.4, 0.5) is 11.4 Å². The van der Waals surface area contributed by atoms with Gasteiger partial charge in [-0.2, -0.15) is 0 Å². The Morgan fingerprint density at radius 1 is 1.50 bits per heavy atom. The summed E-state index contributed by atoms with van der Waals surface area (Å²) in [6, 6.07) is 5.03. The molecule has 0 aliphatic carbocycles. The van der Waals surface area contributed by atoms with Gasteiger partial charge in [-0.3, -0.25) is 14.9 Å². The normalized spacial score (nSPS) is 11.9. The number of hydrogen-bond donors (Lipinski definition) is 2. The van der Waals surface area contributed by atoms with Crippen LogP contribution in [0.3, 0.4) is 0 Å². The van der Waals surface area contributed by atoms with Crippen LogP contribution in [0, 0.1) is 10.1 Å². The Labute approximate surface area is 92.6 Å². The van der Waals surface area contributed by atoms with Gasteiger partial charge in [0, 0.05) is 17.8 Å². The van der Waals surface area contributed by atoms with E-state index >= 15 is 0 Å². The first-order valence-corrected chi connectivity index (χ1v) is 4.85. The van der Waals surface area contributed by atoms with Gasteiger partial charge in [-0.25, -0.2) is 0 Å². The monoisotopic (exact) mass is 223 g/mol. The van der Waals surface area contributed by atoms with E-state index in [9.17, 15) is 14.9 Å². The Hall–Kier alpha value is -1.95. The topological polar surface area (TPSA) is 98.3 Å². The van der Waals surface area contributed by atoms with E-state index in [1.807, 2.05) is 0 Å². The SMILES string of the molecule is CC[C@@H](N)C(=O)Nc1ccc([N+](=O)[O-])cc1. The number of nitrogens with two attached hydrogens (primary N) is 1. The van der Waals surface area contributed by atoms with Gasteiger partial charge in [0.15, 0.2) is 0 Å². The summed E-state index contributed by atoms with van der Waals surface area (Å²) in [6.45, 7) is 1.81. The molecule has 1 rings (SSSR count). The largest absolute Gasteiger partial charge is 0.325 e. The number of nitrogens with one attached hydrogen (secondary N) is 1. The number of amides is 1. The van der Waals surface area contributed by atoms with Gasteiger partial charge in [0.25, 0.3) is 5.69 Å². The van der Waals surface area contributed by atoms with Crippen molar-refractivity contribution in [1.29, 1.82) is 0 Å². The highest BCUT2D eigenvalue weighted by atomic mass is 16.6. The first-order valence-electron chi connectivity index (χ1n) is 4.85. The summed E-state index contributed by atoms with van der Waals surface area (Å²) in [5.41, 5.74) is 6.01. The average molecular weight is 223 g/mol. The number of hydrogen-bond acceptors (Lipinski definition) is 4. The van der Waals surface area contributed by atoms with Gasteiger partial charge < -0.3 is 11.1 Å². The Bertz CT molecular complexity index is 389. The van der Waals surface area contributed by atoms with Gasteiger partial charge in [0.2, 0.25) is 5.91 Å². The Morgan fingerprint density at radius 3 is 2.50 bits per heavy atom. The predicted octanol–water partition coefficient (Wildman–Crippen LogP) is 1.27. The zero-order valence-corrected chi connectivity index (χ0v) is 8.84. The molecule has 6 nitrogen and oxygen atoms in total. The van der Waals surface area contributed by atoms with Crippen molar-refractivity contribution < 1.29 is 9.72 Å². The minimum absolute atomic E-state index is 0.0159. The molecule has 16 heavy (non-hydrogen) atoms. The lowest BCUT2D eigenvalue weighted by Crippen LogP contribution is -2.34. The number of rotatable bonds is 4. The molecule has 1 aromatic rings. The number of nitrogens with zero attached hydrogens (tertiary/aromatic N) is 1. The molecular formula is C10H13N3O3. The van der Waals surface area contributed by atoms with E-state index in [1.165, 1.54) is 24.3 Å². The van der Waals surface area contributed by atoms with Crippen LogP contribution >= 0.6 is 0 Å². The lowest BCUT2D eigenvalue weighted by molar-refractivity contribution is -0.384. The van der Waals surface area contributed by atoms with Gasteiger partial charge >= 0.3 is 0 Å². The number of nitro groups is 1. The zero-order chi connectivity index (χ0) is 12.1. The minimum atomic E-state index is -0.560. The number of anilines is 1. The van der Waals surface area contributed by atoms with E-state index in [2.05, 4.69) is 5.32 Å². The maximum absolute atomic E-state index is 11.4. The lowest BCUT2D eigenvalue weighted by Gasteiger charge is -2.09. The summed E-state index contributed by atoms with van der Waals surface area (Å²) in [7, 11) is 0. The molecule has 0 aliphatic rings. The molecule has 0 saturated heterocycles.